The first kappa shape index (κ1) is 10.4. The molecular weight excluding hydrogens is 176 g/mol. The van der Waals surface area contributed by atoms with Gasteiger partial charge in [-0.05, 0) is 44.8 Å². The first-order valence-corrected chi connectivity index (χ1v) is 5.76. The summed E-state index contributed by atoms with van der Waals surface area (Å²) in [5, 5.41) is 8.79. The first-order valence-electron chi connectivity index (χ1n) is 5.76. The monoisotopic (exact) mass is 198 g/mol. The van der Waals surface area contributed by atoms with E-state index < -0.39 is 0 Å². The van der Waals surface area contributed by atoms with Crippen LogP contribution in [0.3, 0.4) is 0 Å². The molecule has 1 spiro atoms. The number of hydrogen-bond donors (Lipinski definition) is 1. The maximum absolute atomic E-state index is 8.79. The van der Waals surface area contributed by atoms with Gasteiger partial charge in [-0.1, -0.05) is 0 Å². The topological polar surface area (TPSA) is 26.7 Å². The van der Waals surface area contributed by atoms with Crippen LogP contribution in [-0.2, 0) is 0 Å². The van der Waals surface area contributed by atoms with Crippen LogP contribution in [0.4, 0.5) is 0 Å². The van der Waals surface area contributed by atoms with Crippen LogP contribution in [0.5, 0.6) is 0 Å². The van der Waals surface area contributed by atoms with E-state index in [2.05, 4.69) is 16.8 Å². The molecule has 2 fully saturated rings. The quantitative estimate of drug-likeness (QED) is 0.711. The predicted octanol–water partition coefficient (Wildman–Crippen LogP) is 0.396. The lowest BCUT2D eigenvalue weighted by molar-refractivity contribution is 0.224. The fourth-order valence-corrected chi connectivity index (χ4v) is 3.00. The predicted molar refractivity (Wildman–Crippen MR) is 57.3 cm³/mol. The van der Waals surface area contributed by atoms with Crippen molar-refractivity contribution < 1.29 is 5.11 Å². The summed E-state index contributed by atoms with van der Waals surface area (Å²) in [4.78, 5) is 4.98. The molecule has 1 atom stereocenters. The van der Waals surface area contributed by atoms with Gasteiger partial charge in [-0.15, -0.1) is 0 Å². The summed E-state index contributed by atoms with van der Waals surface area (Å²) >= 11 is 0. The Balaban J connectivity index is 1.82. The molecule has 2 rings (SSSR count). The molecule has 2 aliphatic heterocycles. The maximum Gasteiger partial charge on any atom is 0.0443 e. The van der Waals surface area contributed by atoms with Gasteiger partial charge in [-0.3, -0.25) is 0 Å². The standard InChI is InChI=1S/C11H22N2O/c1-12-6-3-11(9-12)4-7-13(10-11)5-2-8-14/h14H,2-10H2,1H3. The van der Waals surface area contributed by atoms with Gasteiger partial charge in [0.25, 0.3) is 0 Å². The van der Waals surface area contributed by atoms with E-state index in [1.807, 2.05) is 0 Å². The Morgan fingerprint density at radius 2 is 2.00 bits per heavy atom. The van der Waals surface area contributed by atoms with Crippen LogP contribution in [0.25, 0.3) is 0 Å². The largest absolute Gasteiger partial charge is 0.396 e. The minimum absolute atomic E-state index is 0.337. The molecule has 3 nitrogen and oxygen atoms in total. The Bertz CT molecular complexity index is 198. The third-order valence-corrected chi connectivity index (χ3v) is 3.78. The summed E-state index contributed by atoms with van der Waals surface area (Å²) in [6, 6.07) is 0. The molecule has 82 valence electrons. The molecule has 1 N–H and O–H groups in total. The van der Waals surface area contributed by atoms with Gasteiger partial charge < -0.3 is 14.9 Å². The molecule has 1 unspecified atom stereocenters. The number of aliphatic hydroxyl groups is 1. The second kappa shape index (κ2) is 4.17. The number of rotatable bonds is 3. The molecule has 0 aliphatic carbocycles. The van der Waals surface area contributed by atoms with E-state index in [-0.39, 0.29) is 0 Å². The summed E-state index contributed by atoms with van der Waals surface area (Å²) in [5.41, 5.74) is 0.601. The van der Waals surface area contributed by atoms with Crippen molar-refractivity contribution >= 4 is 0 Å². The zero-order valence-corrected chi connectivity index (χ0v) is 9.21. The summed E-state index contributed by atoms with van der Waals surface area (Å²) in [7, 11) is 2.23. The second-order valence-electron chi connectivity index (χ2n) is 5.09. The molecule has 2 aliphatic rings. The summed E-state index contributed by atoms with van der Waals surface area (Å²) in [6.07, 6.45) is 3.67. The van der Waals surface area contributed by atoms with Gasteiger partial charge in [0.15, 0.2) is 0 Å². The molecule has 2 saturated heterocycles. The minimum atomic E-state index is 0.337. The lowest BCUT2D eigenvalue weighted by Crippen LogP contribution is -2.30. The second-order valence-corrected chi connectivity index (χ2v) is 5.09. The molecule has 3 heteroatoms. The molecule has 0 radical (unpaired) electrons. The molecule has 14 heavy (non-hydrogen) atoms. The Morgan fingerprint density at radius 3 is 2.64 bits per heavy atom. The van der Waals surface area contributed by atoms with Crippen LogP contribution in [0.1, 0.15) is 19.3 Å². The van der Waals surface area contributed by atoms with E-state index in [4.69, 9.17) is 5.11 Å². The number of likely N-dealkylation sites (tertiary alicyclic amines) is 2. The maximum atomic E-state index is 8.79. The van der Waals surface area contributed by atoms with Crippen molar-refractivity contribution in [1.82, 2.24) is 9.80 Å². The molecule has 0 bridgehead atoms. The van der Waals surface area contributed by atoms with Crippen LogP contribution in [0.15, 0.2) is 0 Å². The number of hydrogen-bond acceptors (Lipinski definition) is 3. The molecule has 0 aromatic carbocycles. The average Bonchev–Trinajstić information content (AvgIpc) is 2.72. The Labute approximate surface area is 86.7 Å². The lowest BCUT2D eigenvalue weighted by atomic mass is 9.86. The third kappa shape index (κ3) is 2.10. The van der Waals surface area contributed by atoms with E-state index >= 15 is 0 Å². The normalized spacial score (nSPS) is 34.7. The molecular formula is C11H22N2O. The van der Waals surface area contributed by atoms with Gasteiger partial charge >= 0.3 is 0 Å². The van der Waals surface area contributed by atoms with Crippen molar-refractivity contribution in [3.05, 3.63) is 0 Å². The molecule has 0 amide bonds. The van der Waals surface area contributed by atoms with Gasteiger partial charge in [0.05, 0.1) is 0 Å². The van der Waals surface area contributed by atoms with Crippen LogP contribution >= 0.6 is 0 Å². The average molecular weight is 198 g/mol. The third-order valence-electron chi connectivity index (χ3n) is 3.78. The van der Waals surface area contributed by atoms with Crippen molar-refractivity contribution in [1.29, 1.82) is 0 Å². The van der Waals surface area contributed by atoms with Crippen LogP contribution in [0.2, 0.25) is 0 Å². The fourth-order valence-electron chi connectivity index (χ4n) is 3.00. The zero-order valence-electron chi connectivity index (χ0n) is 9.21. The van der Waals surface area contributed by atoms with E-state index in [0.717, 1.165) is 13.0 Å². The van der Waals surface area contributed by atoms with E-state index in [0.29, 0.717) is 12.0 Å². The summed E-state index contributed by atoms with van der Waals surface area (Å²) in [5.74, 6) is 0. The highest BCUT2D eigenvalue weighted by molar-refractivity contribution is 4.96. The fraction of sp³-hybridized carbons (Fsp3) is 1.00. The van der Waals surface area contributed by atoms with Gasteiger partial charge in [0, 0.05) is 26.2 Å². The molecule has 0 saturated carbocycles. The highest BCUT2D eigenvalue weighted by Gasteiger charge is 2.41. The Hall–Kier alpha value is -0.120. The number of aliphatic hydroxyl groups excluding tert-OH is 1. The first-order chi connectivity index (χ1) is 6.74. The van der Waals surface area contributed by atoms with Crippen molar-refractivity contribution in [3.63, 3.8) is 0 Å². The van der Waals surface area contributed by atoms with Gasteiger partial charge in [0.2, 0.25) is 0 Å². The lowest BCUT2D eigenvalue weighted by Gasteiger charge is -2.23. The van der Waals surface area contributed by atoms with Crippen molar-refractivity contribution in [2.24, 2.45) is 5.41 Å². The van der Waals surface area contributed by atoms with Crippen LogP contribution in [-0.4, -0.2) is 61.3 Å². The van der Waals surface area contributed by atoms with E-state index in [1.54, 1.807) is 0 Å². The Kier molecular flexibility index (Phi) is 3.10. The highest BCUT2D eigenvalue weighted by atomic mass is 16.3. The van der Waals surface area contributed by atoms with E-state index in [1.165, 1.54) is 39.0 Å². The van der Waals surface area contributed by atoms with Crippen LogP contribution < -0.4 is 0 Å². The molecule has 2 heterocycles. The zero-order chi connectivity index (χ0) is 10.0. The molecule has 0 aromatic rings. The van der Waals surface area contributed by atoms with Crippen LogP contribution in [0, 0.1) is 5.41 Å². The number of nitrogens with zero attached hydrogens (tertiary/aromatic N) is 2. The Morgan fingerprint density at radius 1 is 1.21 bits per heavy atom. The highest BCUT2D eigenvalue weighted by Crippen LogP contribution is 2.38. The van der Waals surface area contributed by atoms with Gasteiger partial charge in [-0.25, -0.2) is 0 Å². The van der Waals surface area contributed by atoms with Crippen molar-refractivity contribution in [2.75, 3.05) is 46.4 Å². The summed E-state index contributed by atoms with van der Waals surface area (Å²) in [6.45, 7) is 6.48. The van der Waals surface area contributed by atoms with Gasteiger partial charge in [0.1, 0.15) is 0 Å². The SMILES string of the molecule is CN1CCC2(CCN(CCCO)C2)C1. The minimum Gasteiger partial charge on any atom is -0.396 e. The van der Waals surface area contributed by atoms with E-state index in [9.17, 15) is 0 Å². The van der Waals surface area contributed by atoms with Crippen molar-refractivity contribution in [2.45, 2.75) is 19.3 Å². The molecule has 0 aromatic heterocycles. The van der Waals surface area contributed by atoms with Gasteiger partial charge in [-0.2, -0.15) is 0 Å². The summed E-state index contributed by atoms with van der Waals surface area (Å²) < 4.78 is 0. The smallest absolute Gasteiger partial charge is 0.0443 e. The van der Waals surface area contributed by atoms with Crippen molar-refractivity contribution in [3.8, 4) is 0 Å².